The van der Waals surface area contributed by atoms with Gasteiger partial charge in [-0.3, -0.25) is 4.79 Å². The summed E-state index contributed by atoms with van der Waals surface area (Å²) < 4.78 is 6.40. The van der Waals surface area contributed by atoms with Gasteiger partial charge in [0.2, 0.25) is 0 Å². The molecule has 1 atom stereocenters. The van der Waals surface area contributed by atoms with Crippen LogP contribution >= 0.6 is 15.9 Å². The van der Waals surface area contributed by atoms with E-state index in [1.807, 2.05) is 54.6 Å². The van der Waals surface area contributed by atoms with Gasteiger partial charge in [-0.25, -0.2) is 4.79 Å². The molecular weight excluding hydrogens is 510 g/mol. The molecule has 0 bridgehead atoms. The second-order valence-corrected chi connectivity index (χ2v) is 9.88. The summed E-state index contributed by atoms with van der Waals surface area (Å²) in [4.78, 5) is 24.2. The first-order chi connectivity index (χ1) is 16.9. The molecule has 2 amide bonds. The Morgan fingerprint density at radius 3 is 2.49 bits per heavy atom. The first-order valence-electron chi connectivity index (χ1n) is 11.4. The minimum Gasteiger partial charge on any atom is -0.481 e. The topological polar surface area (TPSA) is 104 Å². The number of nitrogens with one attached hydrogen (secondary N) is 2. The number of hydrogen-bond acceptors (Lipinski definition) is 4. The van der Waals surface area contributed by atoms with Crippen LogP contribution in [0.1, 0.15) is 30.5 Å². The molecule has 178 valence electrons. The van der Waals surface area contributed by atoms with Crippen molar-refractivity contribution in [2.45, 2.75) is 26.2 Å². The van der Waals surface area contributed by atoms with Crippen LogP contribution in [0.5, 0.6) is 0 Å². The minimum absolute atomic E-state index is 0.0527. The average Bonchev–Trinajstić information content (AvgIpc) is 3.59. The van der Waals surface area contributed by atoms with E-state index in [2.05, 4.69) is 37.8 Å². The summed E-state index contributed by atoms with van der Waals surface area (Å²) in [6.45, 7) is 1.77. The van der Waals surface area contributed by atoms with E-state index in [1.165, 1.54) is 0 Å². The van der Waals surface area contributed by atoms with Gasteiger partial charge in [-0.2, -0.15) is 0 Å². The highest BCUT2D eigenvalue weighted by molar-refractivity contribution is 9.10. The highest BCUT2D eigenvalue weighted by atomic mass is 79.9. The molecule has 2 aliphatic carbocycles. The number of carboxylic acids is 1. The summed E-state index contributed by atoms with van der Waals surface area (Å²) in [5.41, 5.74) is 4.05. The van der Waals surface area contributed by atoms with Crippen molar-refractivity contribution in [3.63, 3.8) is 0 Å². The molecule has 0 saturated heterocycles. The minimum atomic E-state index is -0.689. The molecule has 1 heterocycles. The SMILES string of the molecule is Cc1noc(-c2ccc(C3=CCC(C4(C(=O)O)CC4)C=C3)cc2)c1NC(=O)Nc1cccc(Br)c1. The largest absolute Gasteiger partial charge is 0.481 e. The van der Waals surface area contributed by atoms with E-state index in [9.17, 15) is 14.7 Å². The van der Waals surface area contributed by atoms with Gasteiger partial charge >= 0.3 is 12.0 Å². The maximum atomic E-state index is 12.6. The Bertz CT molecular complexity index is 1350. The number of carbonyl (C=O) groups excluding carboxylic acids is 1. The number of carbonyl (C=O) groups is 2. The van der Waals surface area contributed by atoms with Gasteiger partial charge in [-0.1, -0.05) is 69.6 Å². The Kier molecular flexibility index (Phi) is 6.06. The van der Waals surface area contributed by atoms with Crippen molar-refractivity contribution in [2.24, 2.45) is 11.3 Å². The Labute approximate surface area is 211 Å². The molecule has 1 saturated carbocycles. The van der Waals surface area contributed by atoms with Crippen LogP contribution in [0.2, 0.25) is 0 Å². The normalized spacial score (nSPS) is 18.0. The Morgan fingerprint density at radius 2 is 1.86 bits per heavy atom. The molecule has 0 aliphatic heterocycles. The van der Waals surface area contributed by atoms with E-state index in [4.69, 9.17) is 4.52 Å². The summed E-state index contributed by atoms with van der Waals surface area (Å²) in [5, 5.41) is 19.2. The van der Waals surface area contributed by atoms with E-state index in [0.717, 1.165) is 40.4 Å². The van der Waals surface area contributed by atoms with Gasteiger partial charge in [0.1, 0.15) is 11.4 Å². The number of halogens is 1. The summed E-state index contributed by atoms with van der Waals surface area (Å²) in [5.74, 6) is -0.161. The quantitative estimate of drug-likeness (QED) is 0.320. The molecule has 7 nitrogen and oxygen atoms in total. The molecule has 3 aromatic rings. The molecule has 8 heteroatoms. The molecule has 1 aromatic heterocycles. The molecule has 2 aromatic carbocycles. The number of aliphatic carboxylic acids is 1. The standard InChI is InChI=1S/C27H24BrN3O4/c1-16-23(30-26(34)29-22-4-2-3-21(28)15-22)24(35-31-16)19-7-5-17(6-8-19)18-9-11-20(12-10-18)27(13-14-27)25(32)33/h2-11,15,20H,12-14H2,1H3,(H,32,33)(H2,29,30,34). The number of benzene rings is 2. The van der Waals surface area contributed by atoms with Crippen molar-refractivity contribution >= 4 is 44.9 Å². The summed E-state index contributed by atoms with van der Waals surface area (Å²) in [6.07, 6.45) is 8.40. The summed E-state index contributed by atoms with van der Waals surface area (Å²) >= 11 is 3.39. The highest BCUT2D eigenvalue weighted by Gasteiger charge is 2.54. The van der Waals surface area contributed by atoms with Crippen LogP contribution in [0.3, 0.4) is 0 Å². The monoisotopic (exact) mass is 533 g/mol. The van der Waals surface area contributed by atoms with Gasteiger partial charge < -0.3 is 20.3 Å². The van der Waals surface area contributed by atoms with Crippen molar-refractivity contribution in [3.05, 3.63) is 82.5 Å². The third kappa shape index (κ3) is 4.66. The molecule has 2 aliphatic rings. The molecule has 0 radical (unpaired) electrons. The van der Waals surface area contributed by atoms with E-state index in [0.29, 0.717) is 22.8 Å². The van der Waals surface area contributed by atoms with Crippen LogP contribution in [0.15, 0.2) is 75.8 Å². The van der Waals surface area contributed by atoms with Gasteiger partial charge in [0.05, 0.1) is 5.41 Å². The third-order valence-corrected chi connectivity index (χ3v) is 7.18. The number of aryl methyl sites for hydroxylation is 1. The lowest BCUT2D eigenvalue weighted by Crippen LogP contribution is -2.24. The zero-order valence-corrected chi connectivity index (χ0v) is 20.6. The summed E-state index contributed by atoms with van der Waals surface area (Å²) in [7, 11) is 0. The van der Waals surface area contributed by atoms with Gasteiger partial charge in [-0.05, 0) is 61.4 Å². The molecule has 1 fully saturated rings. The highest BCUT2D eigenvalue weighted by Crippen LogP contribution is 2.55. The predicted molar refractivity (Wildman–Crippen MR) is 138 cm³/mol. The second kappa shape index (κ2) is 9.19. The van der Waals surface area contributed by atoms with Crippen molar-refractivity contribution in [3.8, 4) is 11.3 Å². The fraction of sp³-hybridized carbons (Fsp3) is 0.222. The number of urea groups is 1. The van der Waals surface area contributed by atoms with Crippen LogP contribution in [0, 0.1) is 18.3 Å². The Hall–Kier alpha value is -3.65. The number of rotatable bonds is 6. The van der Waals surface area contributed by atoms with Crippen molar-refractivity contribution in [1.82, 2.24) is 5.16 Å². The number of anilines is 2. The fourth-order valence-electron chi connectivity index (χ4n) is 4.49. The van der Waals surface area contributed by atoms with E-state index < -0.39 is 17.4 Å². The Morgan fingerprint density at radius 1 is 1.11 bits per heavy atom. The number of allylic oxidation sites excluding steroid dienone is 4. The molecule has 35 heavy (non-hydrogen) atoms. The van der Waals surface area contributed by atoms with Gasteiger partial charge in [0.15, 0.2) is 5.76 Å². The lowest BCUT2D eigenvalue weighted by Gasteiger charge is -2.22. The number of carboxylic acid groups (broad SMARTS) is 1. The summed E-state index contributed by atoms with van der Waals surface area (Å²) in [6, 6.07) is 14.7. The van der Waals surface area contributed by atoms with Crippen molar-refractivity contribution < 1.29 is 19.2 Å². The van der Waals surface area contributed by atoms with Gasteiger partial charge in [0.25, 0.3) is 0 Å². The maximum Gasteiger partial charge on any atom is 0.323 e. The predicted octanol–water partition coefficient (Wildman–Crippen LogP) is 6.88. The number of nitrogens with zero attached hydrogens (tertiary/aromatic N) is 1. The van der Waals surface area contributed by atoms with Crippen LogP contribution < -0.4 is 10.6 Å². The number of amides is 2. The third-order valence-electron chi connectivity index (χ3n) is 6.69. The average molecular weight is 534 g/mol. The van der Waals surface area contributed by atoms with Gasteiger partial charge in [-0.15, -0.1) is 0 Å². The van der Waals surface area contributed by atoms with E-state index >= 15 is 0 Å². The van der Waals surface area contributed by atoms with Crippen LogP contribution in [0.4, 0.5) is 16.2 Å². The lowest BCUT2D eigenvalue weighted by molar-refractivity contribution is -0.144. The van der Waals surface area contributed by atoms with E-state index in [-0.39, 0.29) is 5.92 Å². The van der Waals surface area contributed by atoms with Crippen LogP contribution in [-0.2, 0) is 4.79 Å². The molecule has 1 unspecified atom stereocenters. The van der Waals surface area contributed by atoms with Crippen molar-refractivity contribution in [2.75, 3.05) is 10.6 Å². The zero-order valence-electron chi connectivity index (χ0n) is 19.0. The lowest BCUT2D eigenvalue weighted by atomic mass is 9.81. The smallest absolute Gasteiger partial charge is 0.323 e. The van der Waals surface area contributed by atoms with E-state index in [1.54, 1.807) is 13.0 Å². The molecule has 3 N–H and O–H groups in total. The molecular formula is C27H24BrN3O4. The van der Waals surface area contributed by atoms with Crippen LogP contribution in [-0.4, -0.2) is 22.3 Å². The fourth-order valence-corrected chi connectivity index (χ4v) is 4.89. The number of hydrogen-bond donors (Lipinski definition) is 3. The zero-order chi connectivity index (χ0) is 24.6. The first-order valence-corrected chi connectivity index (χ1v) is 12.2. The van der Waals surface area contributed by atoms with Crippen LogP contribution in [0.25, 0.3) is 16.9 Å². The Balaban J connectivity index is 1.29. The van der Waals surface area contributed by atoms with Crippen molar-refractivity contribution in [1.29, 1.82) is 0 Å². The van der Waals surface area contributed by atoms with Gasteiger partial charge in [0, 0.05) is 15.7 Å². The first kappa shape index (κ1) is 23.1. The molecule has 0 spiro atoms. The molecule has 5 rings (SSSR count). The number of aromatic nitrogens is 1. The maximum absolute atomic E-state index is 12.6. The second-order valence-electron chi connectivity index (χ2n) is 8.96.